The number of aromatic hydroxyl groups is 1. The van der Waals surface area contributed by atoms with Gasteiger partial charge in [-0.25, -0.2) is 0 Å². The Morgan fingerprint density at radius 2 is 2.05 bits per heavy atom. The largest absolute Gasteiger partial charge is 0.504 e. The molecule has 20 heavy (non-hydrogen) atoms. The van der Waals surface area contributed by atoms with Gasteiger partial charge in [0.15, 0.2) is 11.5 Å². The lowest BCUT2D eigenvalue weighted by atomic mass is 10.0. The van der Waals surface area contributed by atoms with Crippen LogP contribution in [0.5, 0.6) is 11.5 Å². The average Bonchev–Trinajstić information content (AvgIpc) is 2.93. The summed E-state index contributed by atoms with van der Waals surface area (Å²) in [6.45, 7) is 3.92. The number of phenolic OH excluding ortho intramolecular Hbond substituents is 1. The molecule has 0 spiro atoms. The van der Waals surface area contributed by atoms with Crippen LogP contribution in [0, 0.1) is 0 Å². The van der Waals surface area contributed by atoms with Crippen molar-refractivity contribution in [3.05, 3.63) is 49.1 Å². The second-order valence-corrected chi connectivity index (χ2v) is 4.26. The number of hydrogen-bond acceptors (Lipinski definition) is 4. The minimum absolute atomic E-state index is 0.0344. The van der Waals surface area contributed by atoms with E-state index < -0.39 is 0 Å². The van der Waals surface area contributed by atoms with Gasteiger partial charge < -0.3 is 9.84 Å². The number of benzene rings is 2. The molecule has 2 aromatic carbocycles. The summed E-state index contributed by atoms with van der Waals surface area (Å²) in [7, 11) is 0. The molecule has 5 heteroatoms. The molecule has 0 amide bonds. The van der Waals surface area contributed by atoms with Crippen molar-refractivity contribution in [3.8, 4) is 22.6 Å². The van der Waals surface area contributed by atoms with Crippen molar-refractivity contribution < 1.29 is 9.84 Å². The van der Waals surface area contributed by atoms with Crippen molar-refractivity contribution in [1.82, 2.24) is 15.4 Å². The maximum atomic E-state index is 10.2. The Balaban J connectivity index is 2.29. The van der Waals surface area contributed by atoms with E-state index in [9.17, 15) is 5.11 Å². The van der Waals surface area contributed by atoms with Crippen LogP contribution in [-0.4, -0.2) is 27.1 Å². The van der Waals surface area contributed by atoms with Crippen molar-refractivity contribution in [2.45, 2.75) is 0 Å². The van der Waals surface area contributed by atoms with E-state index in [0.717, 1.165) is 11.1 Å². The lowest BCUT2D eigenvalue weighted by Gasteiger charge is -2.12. The van der Waals surface area contributed by atoms with Crippen LogP contribution in [0.4, 0.5) is 0 Å². The Bertz CT molecular complexity index is 750. The van der Waals surface area contributed by atoms with Crippen molar-refractivity contribution in [2.75, 3.05) is 6.61 Å². The fourth-order valence-electron chi connectivity index (χ4n) is 2.12. The van der Waals surface area contributed by atoms with E-state index in [1.54, 1.807) is 6.08 Å². The zero-order valence-corrected chi connectivity index (χ0v) is 10.7. The molecule has 0 aliphatic heterocycles. The van der Waals surface area contributed by atoms with E-state index >= 15 is 0 Å². The van der Waals surface area contributed by atoms with Crippen LogP contribution >= 0.6 is 0 Å². The van der Waals surface area contributed by atoms with Gasteiger partial charge in [-0.2, -0.15) is 15.4 Å². The third-order valence-corrected chi connectivity index (χ3v) is 2.95. The summed E-state index contributed by atoms with van der Waals surface area (Å²) in [6.07, 6.45) is 1.63. The summed E-state index contributed by atoms with van der Waals surface area (Å²) < 4.78 is 5.60. The second-order valence-electron chi connectivity index (χ2n) is 4.26. The predicted octanol–water partition coefficient (Wildman–Crippen LogP) is 2.90. The van der Waals surface area contributed by atoms with Crippen LogP contribution in [0.2, 0.25) is 0 Å². The van der Waals surface area contributed by atoms with Gasteiger partial charge in [0.2, 0.25) is 0 Å². The Morgan fingerprint density at radius 3 is 2.80 bits per heavy atom. The highest BCUT2D eigenvalue weighted by Gasteiger charge is 2.18. The minimum atomic E-state index is 0.0344. The molecular formula is C15H13N3O2. The Morgan fingerprint density at radius 1 is 1.25 bits per heavy atom. The molecule has 100 valence electrons. The van der Waals surface area contributed by atoms with Crippen LogP contribution in [0.3, 0.4) is 0 Å². The topological polar surface area (TPSA) is 71.0 Å². The van der Waals surface area contributed by atoms with Crippen molar-refractivity contribution in [2.24, 2.45) is 0 Å². The molecule has 0 radical (unpaired) electrons. The lowest BCUT2D eigenvalue weighted by molar-refractivity contribution is 0.338. The molecule has 0 aliphatic carbocycles. The monoisotopic (exact) mass is 267 g/mol. The Labute approximate surface area is 115 Å². The number of H-pyrrole nitrogens is 1. The van der Waals surface area contributed by atoms with Gasteiger partial charge in [0.25, 0.3) is 0 Å². The van der Waals surface area contributed by atoms with Crippen LogP contribution in [-0.2, 0) is 0 Å². The first kappa shape index (κ1) is 12.2. The molecule has 0 atom stereocenters. The highest BCUT2D eigenvalue weighted by molar-refractivity contribution is 5.97. The van der Waals surface area contributed by atoms with Gasteiger partial charge in [0.1, 0.15) is 17.6 Å². The standard InChI is InChI=1S/C15H13N3O2/c1-2-8-20-15-12(19)9-11-14(17-18-16-11)13(15)10-6-4-3-5-7-10/h2-7,9,19H,1,8H2,(H,16,17,18). The molecule has 0 fully saturated rings. The quantitative estimate of drug-likeness (QED) is 0.713. The van der Waals surface area contributed by atoms with Crippen molar-refractivity contribution >= 4 is 11.0 Å². The number of rotatable bonds is 4. The summed E-state index contributed by atoms with van der Waals surface area (Å²) >= 11 is 0. The lowest BCUT2D eigenvalue weighted by Crippen LogP contribution is -1.96. The fourth-order valence-corrected chi connectivity index (χ4v) is 2.12. The van der Waals surface area contributed by atoms with Gasteiger partial charge in [-0.15, -0.1) is 0 Å². The molecule has 5 nitrogen and oxygen atoms in total. The zero-order valence-electron chi connectivity index (χ0n) is 10.7. The van der Waals surface area contributed by atoms with E-state index in [-0.39, 0.29) is 5.75 Å². The summed E-state index contributed by atoms with van der Waals surface area (Å²) in [5.41, 5.74) is 2.87. The zero-order chi connectivity index (χ0) is 13.9. The van der Waals surface area contributed by atoms with E-state index in [1.807, 2.05) is 30.3 Å². The van der Waals surface area contributed by atoms with E-state index in [2.05, 4.69) is 22.0 Å². The molecule has 0 saturated carbocycles. The van der Waals surface area contributed by atoms with Gasteiger partial charge in [-0.1, -0.05) is 43.0 Å². The Hall–Kier alpha value is -2.82. The first-order valence-corrected chi connectivity index (χ1v) is 6.17. The SMILES string of the molecule is C=CCOc1c(O)cc2n[nH]nc2c1-c1ccccc1. The molecule has 1 aromatic heterocycles. The van der Waals surface area contributed by atoms with Crippen molar-refractivity contribution in [3.63, 3.8) is 0 Å². The first-order chi connectivity index (χ1) is 9.81. The van der Waals surface area contributed by atoms with Gasteiger partial charge in [-0.3, -0.25) is 0 Å². The van der Waals surface area contributed by atoms with Gasteiger partial charge in [-0.05, 0) is 5.56 Å². The molecule has 2 N–H and O–H groups in total. The summed E-state index contributed by atoms with van der Waals surface area (Å²) in [5.74, 6) is 0.421. The normalized spacial score (nSPS) is 10.6. The third kappa shape index (κ3) is 1.99. The highest BCUT2D eigenvalue weighted by atomic mass is 16.5. The van der Waals surface area contributed by atoms with Gasteiger partial charge in [0.05, 0.1) is 5.56 Å². The number of hydrogen-bond donors (Lipinski definition) is 2. The number of aromatic nitrogens is 3. The maximum absolute atomic E-state index is 10.2. The molecule has 3 aromatic rings. The smallest absolute Gasteiger partial charge is 0.171 e. The fraction of sp³-hybridized carbons (Fsp3) is 0.0667. The molecule has 0 aliphatic rings. The van der Waals surface area contributed by atoms with Crippen molar-refractivity contribution in [1.29, 1.82) is 0 Å². The van der Waals surface area contributed by atoms with Gasteiger partial charge in [0, 0.05) is 6.07 Å². The minimum Gasteiger partial charge on any atom is -0.504 e. The number of aromatic amines is 1. The molecular weight excluding hydrogens is 254 g/mol. The number of nitrogens with zero attached hydrogens (tertiary/aromatic N) is 2. The van der Waals surface area contributed by atoms with Crippen LogP contribution < -0.4 is 4.74 Å². The van der Waals surface area contributed by atoms with Crippen LogP contribution in [0.1, 0.15) is 0 Å². The average molecular weight is 267 g/mol. The number of phenols is 1. The second kappa shape index (κ2) is 5.05. The summed E-state index contributed by atoms with van der Waals surface area (Å²) in [6, 6.07) is 11.2. The van der Waals surface area contributed by atoms with Crippen LogP contribution in [0.25, 0.3) is 22.2 Å². The first-order valence-electron chi connectivity index (χ1n) is 6.17. The van der Waals surface area contributed by atoms with E-state index in [4.69, 9.17) is 4.74 Å². The highest BCUT2D eigenvalue weighted by Crippen LogP contribution is 2.42. The van der Waals surface area contributed by atoms with Gasteiger partial charge >= 0.3 is 0 Å². The molecule has 0 unspecified atom stereocenters. The molecule has 1 heterocycles. The van der Waals surface area contributed by atoms with Crippen LogP contribution in [0.15, 0.2) is 49.1 Å². The summed E-state index contributed by atoms with van der Waals surface area (Å²) in [5, 5.41) is 20.9. The maximum Gasteiger partial charge on any atom is 0.171 e. The van der Waals surface area contributed by atoms with E-state index in [1.165, 1.54) is 6.07 Å². The number of nitrogens with one attached hydrogen (secondary N) is 1. The number of fused-ring (bicyclic) bond motifs is 1. The molecule has 3 rings (SSSR count). The Kier molecular flexibility index (Phi) is 3.09. The summed E-state index contributed by atoms with van der Waals surface area (Å²) in [4.78, 5) is 0. The number of ether oxygens (including phenoxy) is 1. The van der Waals surface area contributed by atoms with E-state index in [0.29, 0.717) is 23.4 Å². The third-order valence-electron chi connectivity index (χ3n) is 2.95. The predicted molar refractivity (Wildman–Crippen MR) is 76.7 cm³/mol. The molecule has 0 bridgehead atoms. The molecule has 0 saturated heterocycles.